The summed E-state index contributed by atoms with van der Waals surface area (Å²) in [6, 6.07) is 23.3. The molecular formula is C31H22Br3N3O5. The van der Waals surface area contributed by atoms with Crippen LogP contribution in [-0.2, 0) is 0 Å². The van der Waals surface area contributed by atoms with E-state index < -0.39 is 11.9 Å². The van der Waals surface area contributed by atoms with Gasteiger partial charge in [0.25, 0.3) is 5.91 Å². The highest BCUT2D eigenvalue weighted by Crippen LogP contribution is 2.41. The van der Waals surface area contributed by atoms with Crippen molar-refractivity contribution in [1.82, 2.24) is 10.4 Å². The number of aromatic nitrogens is 1. The average molecular weight is 756 g/mol. The summed E-state index contributed by atoms with van der Waals surface area (Å²) >= 11 is 10.5. The first kappa shape index (κ1) is 29.6. The number of carbonyl (C=O) groups excluding carboxylic acids is 2. The van der Waals surface area contributed by atoms with Crippen LogP contribution in [0.2, 0.25) is 0 Å². The Hall–Kier alpha value is -3.93. The van der Waals surface area contributed by atoms with Gasteiger partial charge < -0.3 is 19.2 Å². The summed E-state index contributed by atoms with van der Waals surface area (Å²) in [4.78, 5) is 29.6. The zero-order chi connectivity index (χ0) is 29.8. The van der Waals surface area contributed by atoms with Crippen LogP contribution >= 0.6 is 47.8 Å². The van der Waals surface area contributed by atoms with E-state index in [2.05, 4.69) is 63.3 Å². The summed E-state index contributed by atoms with van der Waals surface area (Å²) in [6.45, 7) is 0. The van der Waals surface area contributed by atoms with Crippen molar-refractivity contribution < 1.29 is 23.8 Å². The Morgan fingerprint density at radius 3 is 2.31 bits per heavy atom. The summed E-state index contributed by atoms with van der Waals surface area (Å²) in [6.07, 6.45) is 1.41. The first-order valence-corrected chi connectivity index (χ1v) is 14.8. The van der Waals surface area contributed by atoms with Gasteiger partial charge in [0.2, 0.25) is 0 Å². The van der Waals surface area contributed by atoms with Crippen molar-refractivity contribution in [3.63, 3.8) is 0 Å². The number of H-pyrrole nitrogens is 1. The fourth-order valence-electron chi connectivity index (χ4n) is 4.35. The number of halogens is 3. The molecule has 212 valence electrons. The molecule has 0 unspecified atom stereocenters. The van der Waals surface area contributed by atoms with Gasteiger partial charge in [-0.3, -0.25) is 4.79 Å². The van der Waals surface area contributed by atoms with E-state index in [1.807, 2.05) is 42.5 Å². The Balaban J connectivity index is 1.46. The maximum Gasteiger partial charge on any atom is 0.343 e. The van der Waals surface area contributed by atoms with Crippen LogP contribution in [0.5, 0.6) is 17.2 Å². The molecule has 8 nitrogen and oxygen atoms in total. The lowest BCUT2D eigenvalue weighted by atomic mass is 10.0. The number of esters is 1. The normalized spacial score (nSPS) is 11.1. The second-order valence-electron chi connectivity index (χ2n) is 8.86. The number of nitrogens with zero attached hydrogens (tertiary/aromatic N) is 1. The third-order valence-electron chi connectivity index (χ3n) is 6.30. The van der Waals surface area contributed by atoms with E-state index in [4.69, 9.17) is 14.2 Å². The zero-order valence-electron chi connectivity index (χ0n) is 22.2. The fraction of sp³-hybridized carbons (Fsp3) is 0.0645. The highest BCUT2D eigenvalue weighted by molar-refractivity contribution is 9.11. The third-order valence-corrected chi connectivity index (χ3v) is 8.01. The molecule has 11 heteroatoms. The highest BCUT2D eigenvalue weighted by Gasteiger charge is 2.23. The van der Waals surface area contributed by atoms with Gasteiger partial charge in [-0.15, -0.1) is 0 Å². The zero-order valence-corrected chi connectivity index (χ0v) is 27.0. The molecule has 0 spiro atoms. The predicted molar refractivity (Wildman–Crippen MR) is 173 cm³/mol. The van der Waals surface area contributed by atoms with Gasteiger partial charge in [0.1, 0.15) is 17.2 Å². The number of carbonyl (C=O) groups is 2. The van der Waals surface area contributed by atoms with Gasteiger partial charge in [0, 0.05) is 25.5 Å². The summed E-state index contributed by atoms with van der Waals surface area (Å²) in [7, 11) is 3.12. The van der Waals surface area contributed by atoms with Crippen molar-refractivity contribution in [2.75, 3.05) is 14.2 Å². The number of rotatable bonds is 8. The summed E-state index contributed by atoms with van der Waals surface area (Å²) in [5.41, 5.74) is 5.90. The van der Waals surface area contributed by atoms with E-state index in [9.17, 15) is 9.59 Å². The van der Waals surface area contributed by atoms with E-state index in [1.54, 1.807) is 50.6 Å². The van der Waals surface area contributed by atoms with Crippen LogP contribution in [-0.4, -0.2) is 37.3 Å². The van der Waals surface area contributed by atoms with E-state index in [0.29, 0.717) is 48.3 Å². The molecule has 1 aromatic heterocycles. The van der Waals surface area contributed by atoms with Gasteiger partial charge >= 0.3 is 5.97 Å². The van der Waals surface area contributed by atoms with Crippen LogP contribution in [0, 0.1) is 0 Å². The predicted octanol–water partition coefficient (Wildman–Crippen LogP) is 8.12. The number of hydrogen-bond donors (Lipinski definition) is 2. The standard InChI is InChI=1S/C31H22Br3N3O5/c1-40-21-10-8-18(9-11-21)31(39)42-29-19(14-20(32)15-23(29)34)16-35-37-30(38)28-25(17-6-4-3-5-7-17)26-22(33)12-13-24(41-2)27(26)36-28/h3-16,36H,1-2H3,(H,37,38). The SMILES string of the molecule is COc1ccc(C(=O)Oc2c(Br)cc(Br)cc2C=NNC(=O)c2[nH]c3c(OC)ccc(Br)c3c2-c2ccccc2)cc1. The number of hydrogen-bond acceptors (Lipinski definition) is 6. The van der Waals surface area contributed by atoms with Crippen molar-refractivity contribution in [1.29, 1.82) is 0 Å². The van der Waals surface area contributed by atoms with Crippen molar-refractivity contribution in [3.8, 4) is 28.4 Å². The van der Waals surface area contributed by atoms with Gasteiger partial charge in [0.15, 0.2) is 5.75 Å². The molecule has 1 amide bonds. The minimum Gasteiger partial charge on any atom is -0.497 e. The first-order chi connectivity index (χ1) is 20.3. The van der Waals surface area contributed by atoms with Crippen LogP contribution in [0.3, 0.4) is 0 Å². The van der Waals surface area contributed by atoms with Crippen molar-refractivity contribution in [3.05, 3.63) is 109 Å². The molecule has 5 aromatic rings. The number of fused-ring (bicyclic) bond motifs is 1. The lowest BCUT2D eigenvalue weighted by Gasteiger charge is -2.11. The maximum absolute atomic E-state index is 13.5. The smallest absolute Gasteiger partial charge is 0.343 e. The minimum atomic E-state index is -0.565. The lowest BCUT2D eigenvalue weighted by Crippen LogP contribution is -2.19. The Kier molecular flexibility index (Phi) is 9.10. The van der Waals surface area contributed by atoms with Crippen LogP contribution in [0.15, 0.2) is 97.4 Å². The number of aromatic amines is 1. The summed E-state index contributed by atoms with van der Waals surface area (Å²) < 4.78 is 18.4. The molecule has 4 aromatic carbocycles. The van der Waals surface area contributed by atoms with Gasteiger partial charge in [-0.1, -0.05) is 62.2 Å². The number of ether oxygens (including phenoxy) is 3. The van der Waals surface area contributed by atoms with Crippen LogP contribution < -0.4 is 19.6 Å². The van der Waals surface area contributed by atoms with Crippen LogP contribution in [0.25, 0.3) is 22.0 Å². The number of benzene rings is 4. The number of methoxy groups -OCH3 is 2. The van der Waals surface area contributed by atoms with Crippen LogP contribution in [0.1, 0.15) is 26.4 Å². The number of hydrazone groups is 1. The molecule has 0 atom stereocenters. The molecule has 42 heavy (non-hydrogen) atoms. The summed E-state index contributed by atoms with van der Waals surface area (Å²) in [5.74, 6) is 0.415. The Morgan fingerprint density at radius 1 is 0.881 bits per heavy atom. The molecule has 0 aliphatic carbocycles. The number of nitrogens with one attached hydrogen (secondary N) is 2. The molecule has 0 fully saturated rings. The van der Waals surface area contributed by atoms with Crippen LogP contribution in [0.4, 0.5) is 0 Å². The molecule has 0 bridgehead atoms. The van der Waals surface area contributed by atoms with Crippen molar-refractivity contribution in [2.45, 2.75) is 0 Å². The molecule has 0 saturated heterocycles. The topological polar surface area (TPSA) is 102 Å². The maximum atomic E-state index is 13.5. The van der Waals surface area contributed by atoms with E-state index in [0.717, 1.165) is 15.4 Å². The Labute approximate surface area is 266 Å². The molecule has 1 heterocycles. The third kappa shape index (κ3) is 6.13. The Bertz CT molecular complexity index is 1820. The molecule has 0 aliphatic rings. The largest absolute Gasteiger partial charge is 0.497 e. The second-order valence-corrected chi connectivity index (χ2v) is 11.5. The van der Waals surface area contributed by atoms with Crippen molar-refractivity contribution >= 4 is 76.8 Å². The monoisotopic (exact) mass is 753 g/mol. The molecule has 0 saturated carbocycles. The molecule has 0 aliphatic heterocycles. The molecule has 0 radical (unpaired) electrons. The first-order valence-electron chi connectivity index (χ1n) is 12.4. The van der Waals surface area contributed by atoms with Crippen molar-refractivity contribution in [2.24, 2.45) is 5.10 Å². The molecule has 2 N–H and O–H groups in total. The van der Waals surface area contributed by atoms with E-state index in [1.165, 1.54) is 6.21 Å². The quantitative estimate of drug-likeness (QED) is 0.0721. The fourth-order valence-corrected chi connectivity index (χ4v) is 6.22. The number of amides is 1. The summed E-state index contributed by atoms with van der Waals surface area (Å²) in [5, 5.41) is 5.00. The van der Waals surface area contributed by atoms with Gasteiger partial charge in [0.05, 0.1) is 36.0 Å². The van der Waals surface area contributed by atoms with Gasteiger partial charge in [-0.2, -0.15) is 5.10 Å². The van der Waals surface area contributed by atoms with E-state index >= 15 is 0 Å². The van der Waals surface area contributed by atoms with Gasteiger partial charge in [-0.05, 0) is 70.0 Å². The molecule has 5 rings (SSSR count). The Morgan fingerprint density at radius 2 is 1.62 bits per heavy atom. The molecular weight excluding hydrogens is 734 g/mol. The van der Waals surface area contributed by atoms with Gasteiger partial charge in [-0.25, -0.2) is 10.2 Å². The minimum absolute atomic E-state index is 0.237. The average Bonchev–Trinajstić information content (AvgIpc) is 3.41. The highest BCUT2D eigenvalue weighted by atomic mass is 79.9. The second kappa shape index (κ2) is 12.9. The lowest BCUT2D eigenvalue weighted by molar-refractivity contribution is 0.0732. The van der Waals surface area contributed by atoms with E-state index in [-0.39, 0.29) is 5.75 Å².